The zero-order valence-electron chi connectivity index (χ0n) is 9.35. The molecule has 3 nitrogen and oxygen atoms in total. The van der Waals surface area contributed by atoms with Gasteiger partial charge in [-0.1, -0.05) is 29.4 Å². The van der Waals surface area contributed by atoms with E-state index in [9.17, 15) is 0 Å². The lowest BCUT2D eigenvalue weighted by atomic mass is 10.2. The Morgan fingerprint density at radius 3 is 2.65 bits per heavy atom. The fourth-order valence-corrected chi connectivity index (χ4v) is 2.40. The third kappa shape index (κ3) is 3.35. The highest BCUT2D eigenvalue weighted by Gasteiger charge is 2.03. The van der Waals surface area contributed by atoms with Gasteiger partial charge in [0, 0.05) is 28.9 Å². The molecule has 0 aliphatic rings. The van der Waals surface area contributed by atoms with Crippen molar-refractivity contribution in [2.24, 2.45) is 0 Å². The molecule has 1 aromatic heterocycles. The highest BCUT2D eigenvalue weighted by molar-refractivity contribution is 7.98. The van der Waals surface area contributed by atoms with Crippen molar-refractivity contribution < 1.29 is 0 Å². The van der Waals surface area contributed by atoms with Crippen LogP contribution in [-0.2, 0) is 5.75 Å². The molecule has 5 heteroatoms. The van der Waals surface area contributed by atoms with Crippen LogP contribution in [0, 0.1) is 6.92 Å². The maximum absolute atomic E-state index is 6.09. The van der Waals surface area contributed by atoms with Crippen LogP contribution in [-0.4, -0.2) is 9.97 Å². The summed E-state index contributed by atoms with van der Waals surface area (Å²) in [4.78, 5) is 8.45. The summed E-state index contributed by atoms with van der Waals surface area (Å²) in [6, 6.07) is 5.53. The van der Waals surface area contributed by atoms with Gasteiger partial charge in [-0.2, -0.15) is 0 Å². The van der Waals surface area contributed by atoms with Gasteiger partial charge in [-0.25, -0.2) is 9.97 Å². The Morgan fingerprint density at radius 2 is 2.00 bits per heavy atom. The minimum atomic E-state index is 0.676. The molecule has 0 saturated carbocycles. The molecule has 88 valence electrons. The van der Waals surface area contributed by atoms with Crippen molar-refractivity contribution in [1.82, 2.24) is 9.97 Å². The zero-order valence-corrected chi connectivity index (χ0v) is 10.9. The molecule has 0 spiro atoms. The molecule has 2 rings (SSSR count). The van der Waals surface area contributed by atoms with E-state index < -0.39 is 0 Å². The van der Waals surface area contributed by atoms with E-state index in [2.05, 4.69) is 9.97 Å². The number of benzene rings is 1. The number of thioether (sulfide) groups is 1. The van der Waals surface area contributed by atoms with Crippen molar-refractivity contribution in [2.45, 2.75) is 17.8 Å². The second-order valence-corrected chi connectivity index (χ2v) is 5.03. The van der Waals surface area contributed by atoms with Gasteiger partial charge in [-0.3, -0.25) is 0 Å². The average Bonchev–Trinajstić information content (AvgIpc) is 2.30. The maximum Gasteiger partial charge on any atom is 0.187 e. The van der Waals surface area contributed by atoms with Crippen molar-refractivity contribution in [2.75, 3.05) is 5.73 Å². The Labute approximate surface area is 109 Å². The van der Waals surface area contributed by atoms with Gasteiger partial charge in [0.25, 0.3) is 0 Å². The molecule has 0 amide bonds. The largest absolute Gasteiger partial charge is 0.399 e. The minimum absolute atomic E-state index is 0.676. The van der Waals surface area contributed by atoms with E-state index in [1.165, 1.54) is 0 Å². The lowest BCUT2D eigenvalue weighted by Gasteiger charge is -2.04. The standard InChI is InChI=1S/C12H12ClN3S/c1-8-5-15-12(16-6-8)17-7-9-2-3-10(14)4-11(9)13/h2-6H,7,14H2,1H3. The third-order valence-electron chi connectivity index (χ3n) is 2.19. The third-order valence-corrected chi connectivity index (χ3v) is 3.47. The number of nitrogen functional groups attached to an aromatic ring is 1. The summed E-state index contributed by atoms with van der Waals surface area (Å²) in [5.41, 5.74) is 8.40. The smallest absolute Gasteiger partial charge is 0.187 e. The van der Waals surface area contributed by atoms with E-state index >= 15 is 0 Å². The summed E-state index contributed by atoms with van der Waals surface area (Å²) in [7, 11) is 0. The number of aromatic nitrogens is 2. The molecule has 0 atom stereocenters. The van der Waals surface area contributed by atoms with E-state index in [0.29, 0.717) is 10.7 Å². The number of aryl methyl sites for hydroxylation is 1. The number of nitrogens with zero attached hydrogens (tertiary/aromatic N) is 2. The summed E-state index contributed by atoms with van der Waals surface area (Å²) in [5.74, 6) is 0.738. The number of hydrogen-bond acceptors (Lipinski definition) is 4. The molecule has 0 unspecified atom stereocenters. The van der Waals surface area contributed by atoms with Crippen LogP contribution in [0.15, 0.2) is 35.7 Å². The van der Waals surface area contributed by atoms with Crippen LogP contribution >= 0.6 is 23.4 Å². The molecule has 1 heterocycles. The van der Waals surface area contributed by atoms with Crippen molar-refractivity contribution in [3.8, 4) is 0 Å². The van der Waals surface area contributed by atoms with E-state index in [-0.39, 0.29) is 0 Å². The fourth-order valence-electron chi connectivity index (χ4n) is 1.28. The van der Waals surface area contributed by atoms with Crippen LogP contribution in [0.2, 0.25) is 5.02 Å². The number of nitrogens with two attached hydrogens (primary N) is 1. The average molecular weight is 266 g/mol. The Morgan fingerprint density at radius 1 is 1.29 bits per heavy atom. The van der Waals surface area contributed by atoms with E-state index in [1.807, 2.05) is 19.1 Å². The molecule has 2 N–H and O–H groups in total. The first-order valence-electron chi connectivity index (χ1n) is 5.10. The van der Waals surface area contributed by atoms with Gasteiger partial charge in [0.15, 0.2) is 5.16 Å². The second kappa shape index (κ2) is 5.38. The predicted molar refractivity (Wildman–Crippen MR) is 72.2 cm³/mol. The summed E-state index contributed by atoms with van der Waals surface area (Å²) in [6.07, 6.45) is 3.61. The first-order chi connectivity index (χ1) is 8.15. The number of hydrogen-bond donors (Lipinski definition) is 1. The molecule has 0 radical (unpaired) electrons. The van der Waals surface area contributed by atoms with Crippen LogP contribution in [0.1, 0.15) is 11.1 Å². The topological polar surface area (TPSA) is 51.8 Å². The summed E-state index contributed by atoms with van der Waals surface area (Å²) in [6.45, 7) is 1.96. The minimum Gasteiger partial charge on any atom is -0.399 e. The van der Waals surface area contributed by atoms with E-state index in [4.69, 9.17) is 17.3 Å². The Bertz CT molecular complexity index is 514. The van der Waals surface area contributed by atoms with Gasteiger partial charge in [0.2, 0.25) is 0 Å². The molecule has 0 aliphatic carbocycles. The summed E-state index contributed by atoms with van der Waals surface area (Å²) in [5, 5.41) is 1.44. The molecule has 0 saturated heterocycles. The van der Waals surface area contributed by atoms with Crippen molar-refractivity contribution in [1.29, 1.82) is 0 Å². The molecule has 1 aromatic carbocycles. The Hall–Kier alpha value is -1.26. The van der Waals surface area contributed by atoms with Gasteiger partial charge in [-0.15, -0.1) is 0 Å². The molecular weight excluding hydrogens is 254 g/mol. The second-order valence-electron chi connectivity index (χ2n) is 3.68. The van der Waals surface area contributed by atoms with E-state index in [1.54, 1.807) is 30.2 Å². The van der Waals surface area contributed by atoms with Crippen LogP contribution in [0.4, 0.5) is 5.69 Å². The molecule has 0 fully saturated rings. The van der Waals surface area contributed by atoms with Crippen molar-refractivity contribution >= 4 is 29.1 Å². The zero-order chi connectivity index (χ0) is 12.3. The quantitative estimate of drug-likeness (QED) is 0.526. The van der Waals surface area contributed by atoms with Gasteiger partial charge < -0.3 is 5.73 Å². The van der Waals surface area contributed by atoms with Crippen LogP contribution in [0.3, 0.4) is 0 Å². The molecule has 2 aromatic rings. The summed E-state index contributed by atoms with van der Waals surface area (Å²) < 4.78 is 0. The maximum atomic E-state index is 6.09. The lowest BCUT2D eigenvalue weighted by Crippen LogP contribution is -1.90. The normalized spacial score (nSPS) is 10.5. The number of anilines is 1. The Balaban J connectivity index is 2.04. The van der Waals surface area contributed by atoms with Gasteiger partial charge >= 0.3 is 0 Å². The molecule has 0 aliphatic heterocycles. The lowest BCUT2D eigenvalue weighted by molar-refractivity contribution is 0.949. The van der Waals surface area contributed by atoms with Crippen molar-refractivity contribution in [3.63, 3.8) is 0 Å². The van der Waals surface area contributed by atoms with Crippen LogP contribution < -0.4 is 5.73 Å². The predicted octanol–water partition coefficient (Wildman–Crippen LogP) is 3.31. The molecule has 0 bridgehead atoms. The van der Waals surface area contributed by atoms with Crippen LogP contribution in [0.5, 0.6) is 0 Å². The monoisotopic (exact) mass is 265 g/mol. The molecular formula is C12H12ClN3S. The van der Waals surface area contributed by atoms with Gasteiger partial charge in [0.05, 0.1) is 0 Å². The number of halogens is 1. The Kier molecular flexibility index (Phi) is 3.86. The number of rotatable bonds is 3. The molecule has 17 heavy (non-hydrogen) atoms. The SMILES string of the molecule is Cc1cnc(SCc2ccc(N)cc2Cl)nc1. The van der Waals surface area contributed by atoms with E-state index in [0.717, 1.165) is 22.0 Å². The first kappa shape index (κ1) is 12.2. The van der Waals surface area contributed by atoms with Gasteiger partial charge in [0.1, 0.15) is 0 Å². The highest BCUT2D eigenvalue weighted by Crippen LogP contribution is 2.25. The van der Waals surface area contributed by atoms with Crippen molar-refractivity contribution in [3.05, 3.63) is 46.7 Å². The van der Waals surface area contributed by atoms with Crippen LogP contribution in [0.25, 0.3) is 0 Å². The highest BCUT2D eigenvalue weighted by atomic mass is 35.5. The van der Waals surface area contributed by atoms with Gasteiger partial charge in [-0.05, 0) is 30.2 Å². The summed E-state index contributed by atoms with van der Waals surface area (Å²) >= 11 is 7.64. The fraction of sp³-hybridized carbons (Fsp3) is 0.167. The first-order valence-corrected chi connectivity index (χ1v) is 6.47.